The maximum atomic E-state index is 12.3. The van der Waals surface area contributed by atoms with Crippen molar-refractivity contribution in [2.24, 2.45) is 5.14 Å². The molecule has 1 amide bonds. The molecular weight excluding hydrogens is 354 g/mol. The number of rotatable bonds is 8. The fourth-order valence-electron chi connectivity index (χ4n) is 2.19. The number of ether oxygens (including phenoxy) is 1. The molecule has 0 heterocycles. The fourth-order valence-corrected chi connectivity index (χ4v) is 2.71. The van der Waals surface area contributed by atoms with Gasteiger partial charge >= 0.3 is 0 Å². The Morgan fingerprint density at radius 1 is 1.15 bits per heavy atom. The third-order valence-corrected chi connectivity index (χ3v) is 4.88. The number of anilines is 1. The van der Waals surface area contributed by atoms with E-state index in [0.717, 1.165) is 5.75 Å². The van der Waals surface area contributed by atoms with Crippen LogP contribution in [0.1, 0.15) is 6.92 Å². The first-order valence-corrected chi connectivity index (χ1v) is 9.64. The van der Waals surface area contributed by atoms with Crippen LogP contribution in [0.5, 0.6) is 5.75 Å². The van der Waals surface area contributed by atoms with E-state index in [-0.39, 0.29) is 16.8 Å². The highest BCUT2D eigenvalue weighted by molar-refractivity contribution is 7.89. The molecule has 0 radical (unpaired) electrons. The van der Waals surface area contributed by atoms with Gasteiger partial charge in [0, 0.05) is 12.2 Å². The van der Waals surface area contributed by atoms with Crippen LogP contribution in [0.4, 0.5) is 5.69 Å². The number of sulfonamides is 1. The first-order chi connectivity index (χ1) is 12.3. The number of hydrogen-bond acceptors (Lipinski definition) is 5. The van der Waals surface area contributed by atoms with Gasteiger partial charge in [0.1, 0.15) is 12.4 Å². The van der Waals surface area contributed by atoms with Crippen LogP contribution in [-0.4, -0.2) is 45.5 Å². The maximum Gasteiger partial charge on any atom is 0.241 e. The largest absolute Gasteiger partial charge is 0.492 e. The van der Waals surface area contributed by atoms with Gasteiger partial charge in [-0.2, -0.15) is 0 Å². The molecule has 0 saturated heterocycles. The van der Waals surface area contributed by atoms with Gasteiger partial charge in [0.15, 0.2) is 0 Å². The Morgan fingerprint density at radius 2 is 1.77 bits per heavy atom. The normalized spacial score (nSPS) is 12.6. The highest BCUT2D eigenvalue weighted by atomic mass is 32.2. The summed E-state index contributed by atoms with van der Waals surface area (Å²) in [6.07, 6.45) is 0. The molecule has 2 aromatic rings. The molecule has 0 unspecified atom stereocenters. The predicted molar refractivity (Wildman–Crippen MR) is 100 cm³/mol. The van der Waals surface area contributed by atoms with Crippen molar-refractivity contribution in [1.82, 2.24) is 4.90 Å². The Labute approximate surface area is 153 Å². The summed E-state index contributed by atoms with van der Waals surface area (Å²) in [5, 5.41) is 7.80. The zero-order valence-electron chi connectivity index (χ0n) is 14.8. The van der Waals surface area contributed by atoms with Gasteiger partial charge < -0.3 is 10.1 Å². The summed E-state index contributed by atoms with van der Waals surface area (Å²) in [5.41, 5.74) is 0.503. The van der Waals surface area contributed by atoms with Crippen molar-refractivity contribution >= 4 is 21.6 Å². The minimum Gasteiger partial charge on any atom is -0.492 e. The first-order valence-electron chi connectivity index (χ1n) is 8.09. The topological polar surface area (TPSA) is 102 Å². The number of hydrogen-bond donors (Lipinski definition) is 2. The molecule has 0 aliphatic carbocycles. The van der Waals surface area contributed by atoms with E-state index in [2.05, 4.69) is 5.32 Å². The maximum absolute atomic E-state index is 12.3. The summed E-state index contributed by atoms with van der Waals surface area (Å²) < 4.78 is 28.1. The number of benzene rings is 2. The molecule has 7 nitrogen and oxygen atoms in total. The Balaban J connectivity index is 1.84. The van der Waals surface area contributed by atoms with Crippen molar-refractivity contribution in [3.63, 3.8) is 0 Å². The van der Waals surface area contributed by atoms with E-state index in [1.165, 1.54) is 24.3 Å². The van der Waals surface area contributed by atoms with Crippen LogP contribution in [0.2, 0.25) is 0 Å². The molecule has 0 bridgehead atoms. The first kappa shape index (κ1) is 19.9. The molecule has 2 aromatic carbocycles. The quantitative estimate of drug-likeness (QED) is 0.729. The van der Waals surface area contributed by atoms with Crippen LogP contribution in [0.15, 0.2) is 59.5 Å². The van der Waals surface area contributed by atoms with E-state index in [9.17, 15) is 13.2 Å². The molecule has 8 heteroatoms. The van der Waals surface area contributed by atoms with Crippen molar-refractivity contribution in [3.8, 4) is 5.75 Å². The molecule has 3 N–H and O–H groups in total. The van der Waals surface area contributed by atoms with Gasteiger partial charge in [-0.25, -0.2) is 13.6 Å². The number of para-hydroxylation sites is 1. The van der Waals surface area contributed by atoms with Crippen molar-refractivity contribution in [1.29, 1.82) is 0 Å². The molecule has 0 fully saturated rings. The van der Waals surface area contributed by atoms with E-state index in [1.54, 1.807) is 6.92 Å². The molecule has 0 aliphatic rings. The number of carbonyl (C=O) groups excluding carboxylic acids is 1. The second-order valence-corrected chi connectivity index (χ2v) is 7.44. The lowest BCUT2D eigenvalue weighted by Gasteiger charge is -2.23. The summed E-state index contributed by atoms with van der Waals surface area (Å²) in [5.74, 6) is 0.587. The van der Waals surface area contributed by atoms with Gasteiger partial charge in [0.2, 0.25) is 15.9 Å². The smallest absolute Gasteiger partial charge is 0.241 e. The van der Waals surface area contributed by atoms with Gasteiger partial charge in [0.25, 0.3) is 0 Å². The average molecular weight is 377 g/mol. The van der Waals surface area contributed by atoms with Crippen LogP contribution in [0.3, 0.4) is 0 Å². The minimum absolute atomic E-state index is 0.00118. The Kier molecular flexibility index (Phi) is 6.73. The molecule has 0 aliphatic heterocycles. The standard InChI is InChI=1S/C18H23N3O4S/c1-14(21(2)12-13-25-16-6-4-3-5-7-16)18(22)20-15-8-10-17(11-9-15)26(19,23)24/h3-11,14H,12-13H2,1-2H3,(H,20,22)(H2,19,23,24)/t14-/m1/s1. The van der Waals surface area contributed by atoms with Crippen LogP contribution < -0.4 is 15.2 Å². The number of primary sulfonamides is 1. The highest BCUT2D eigenvalue weighted by Crippen LogP contribution is 2.13. The summed E-state index contributed by atoms with van der Waals surface area (Å²) in [7, 11) is -1.91. The van der Waals surface area contributed by atoms with E-state index in [1.807, 2.05) is 42.3 Å². The second-order valence-electron chi connectivity index (χ2n) is 5.88. The number of amides is 1. The van der Waals surface area contributed by atoms with E-state index in [4.69, 9.17) is 9.88 Å². The van der Waals surface area contributed by atoms with Crippen molar-refractivity contribution in [2.75, 3.05) is 25.5 Å². The summed E-state index contributed by atoms with van der Waals surface area (Å²) in [6.45, 7) is 2.82. The number of nitrogens with zero attached hydrogens (tertiary/aromatic N) is 1. The molecule has 2 rings (SSSR count). The summed E-state index contributed by atoms with van der Waals surface area (Å²) >= 11 is 0. The van der Waals surface area contributed by atoms with Crippen LogP contribution in [0, 0.1) is 0 Å². The van der Waals surface area contributed by atoms with Crippen LogP contribution >= 0.6 is 0 Å². The van der Waals surface area contributed by atoms with E-state index >= 15 is 0 Å². The zero-order chi connectivity index (χ0) is 19.2. The van der Waals surface area contributed by atoms with Crippen LogP contribution in [-0.2, 0) is 14.8 Å². The lowest BCUT2D eigenvalue weighted by Crippen LogP contribution is -2.41. The molecule has 26 heavy (non-hydrogen) atoms. The lowest BCUT2D eigenvalue weighted by atomic mass is 10.2. The number of nitrogens with two attached hydrogens (primary N) is 1. The fraction of sp³-hybridized carbons (Fsp3) is 0.278. The Bertz CT molecular complexity index is 823. The van der Waals surface area contributed by atoms with Crippen molar-refractivity contribution in [3.05, 3.63) is 54.6 Å². The van der Waals surface area contributed by atoms with Crippen molar-refractivity contribution in [2.45, 2.75) is 17.9 Å². The minimum atomic E-state index is -3.75. The van der Waals surface area contributed by atoms with Crippen LogP contribution in [0.25, 0.3) is 0 Å². The third-order valence-electron chi connectivity index (χ3n) is 3.95. The zero-order valence-corrected chi connectivity index (χ0v) is 15.6. The molecule has 0 saturated carbocycles. The summed E-state index contributed by atoms with van der Waals surface area (Å²) in [4.78, 5) is 14.2. The second kappa shape index (κ2) is 8.79. The van der Waals surface area contributed by atoms with Gasteiger partial charge in [-0.15, -0.1) is 0 Å². The van der Waals surface area contributed by atoms with Gasteiger partial charge in [0.05, 0.1) is 10.9 Å². The number of likely N-dealkylation sites (N-methyl/N-ethyl adjacent to an activating group) is 1. The van der Waals surface area contributed by atoms with E-state index < -0.39 is 10.0 Å². The predicted octanol–water partition coefficient (Wildman–Crippen LogP) is 1.67. The Hall–Kier alpha value is -2.42. The van der Waals surface area contributed by atoms with Crippen molar-refractivity contribution < 1.29 is 17.9 Å². The van der Waals surface area contributed by atoms with Gasteiger partial charge in [-0.3, -0.25) is 9.69 Å². The SMILES string of the molecule is C[C@H](C(=O)Nc1ccc(S(N)(=O)=O)cc1)N(C)CCOc1ccccc1. The molecule has 0 aromatic heterocycles. The molecule has 0 spiro atoms. The molecular formula is C18H23N3O4S. The van der Waals surface area contributed by atoms with Gasteiger partial charge in [-0.05, 0) is 50.4 Å². The van der Waals surface area contributed by atoms with E-state index in [0.29, 0.717) is 18.8 Å². The van der Waals surface area contributed by atoms with Gasteiger partial charge in [-0.1, -0.05) is 18.2 Å². The highest BCUT2D eigenvalue weighted by Gasteiger charge is 2.18. The number of carbonyl (C=O) groups is 1. The number of nitrogens with one attached hydrogen (secondary N) is 1. The molecule has 140 valence electrons. The average Bonchev–Trinajstić information content (AvgIpc) is 2.61. The lowest BCUT2D eigenvalue weighted by molar-refractivity contribution is -0.120. The monoisotopic (exact) mass is 377 g/mol. The third kappa shape index (κ3) is 5.83. The Morgan fingerprint density at radius 3 is 2.35 bits per heavy atom. The molecule has 1 atom stereocenters. The summed E-state index contributed by atoms with van der Waals surface area (Å²) in [6, 6.07) is 14.8.